The Balaban J connectivity index is 2.09. The van der Waals surface area contributed by atoms with E-state index in [0.717, 1.165) is 6.42 Å². The molecule has 0 heterocycles. The molecule has 0 fully saturated rings. The smallest absolute Gasteiger partial charge is 0.318 e. The fraction of sp³-hybridized carbons (Fsp3) is 0.438. The first-order chi connectivity index (χ1) is 9.67. The van der Waals surface area contributed by atoms with Crippen LogP contribution < -0.4 is 5.32 Å². The van der Waals surface area contributed by atoms with Gasteiger partial charge in [-0.3, -0.25) is 0 Å². The van der Waals surface area contributed by atoms with Crippen molar-refractivity contribution in [1.29, 1.82) is 0 Å². The molecule has 1 aromatic carbocycles. The average molecular weight is 274 g/mol. The predicted octanol–water partition coefficient (Wildman–Crippen LogP) is 2.11. The molecule has 4 heteroatoms. The van der Waals surface area contributed by atoms with E-state index in [1.165, 1.54) is 11.1 Å². The molecule has 0 radical (unpaired) electrons. The topological polar surface area (TPSA) is 52.6 Å². The number of aliphatic hydroxyl groups is 1. The average Bonchev–Trinajstić information content (AvgIpc) is 2.75. The van der Waals surface area contributed by atoms with Crippen LogP contribution in [-0.4, -0.2) is 35.7 Å². The molecule has 1 aliphatic carbocycles. The lowest BCUT2D eigenvalue weighted by Crippen LogP contribution is -2.43. The minimum atomic E-state index is -0.146. The van der Waals surface area contributed by atoms with E-state index in [2.05, 4.69) is 31.0 Å². The summed E-state index contributed by atoms with van der Waals surface area (Å²) in [4.78, 5) is 13.9. The second-order valence-corrected chi connectivity index (χ2v) is 5.27. The number of carbonyl (C=O) groups is 1. The van der Waals surface area contributed by atoms with Gasteiger partial charge in [0, 0.05) is 13.1 Å². The zero-order valence-corrected chi connectivity index (χ0v) is 11.9. The maximum atomic E-state index is 12.3. The number of hydrogen-bond acceptors (Lipinski definition) is 2. The van der Waals surface area contributed by atoms with Gasteiger partial charge in [-0.1, -0.05) is 37.3 Å². The molecule has 0 saturated carbocycles. The SMILES string of the molecule is C=CCN(CCO)C(=O)NC1c2ccccc2CC1C. The number of rotatable bonds is 5. The first kappa shape index (κ1) is 14.6. The second-order valence-electron chi connectivity index (χ2n) is 5.27. The van der Waals surface area contributed by atoms with Crippen LogP contribution in [-0.2, 0) is 6.42 Å². The van der Waals surface area contributed by atoms with Crippen LogP contribution >= 0.6 is 0 Å². The third-order valence-electron chi connectivity index (χ3n) is 3.79. The first-order valence-corrected chi connectivity index (χ1v) is 7.02. The Kier molecular flexibility index (Phi) is 4.79. The number of hydrogen-bond donors (Lipinski definition) is 2. The molecule has 2 atom stereocenters. The molecule has 2 rings (SSSR count). The van der Waals surface area contributed by atoms with Crippen LogP contribution in [0.5, 0.6) is 0 Å². The summed E-state index contributed by atoms with van der Waals surface area (Å²) in [6, 6.07) is 8.13. The molecular formula is C16H22N2O2. The number of aliphatic hydroxyl groups excluding tert-OH is 1. The molecule has 0 aliphatic heterocycles. The van der Waals surface area contributed by atoms with E-state index in [1.807, 2.05) is 12.1 Å². The van der Waals surface area contributed by atoms with Gasteiger partial charge in [-0.05, 0) is 23.5 Å². The van der Waals surface area contributed by atoms with Gasteiger partial charge in [0.1, 0.15) is 0 Å². The van der Waals surface area contributed by atoms with Crippen molar-refractivity contribution in [3.05, 3.63) is 48.0 Å². The van der Waals surface area contributed by atoms with Gasteiger partial charge < -0.3 is 15.3 Å². The summed E-state index contributed by atoms with van der Waals surface area (Å²) in [6.07, 6.45) is 2.66. The van der Waals surface area contributed by atoms with E-state index in [0.29, 0.717) is 19.0 Å². The molecule has 0 aromatic heterocycles. The monoisotopic (exact) mass is 274 g/mol. The number of urea groups is 1. The van der Waals surface area contributed by atoms with E-state index in [-0.39, 0.29) is 18.7 Å². The van der Waals surface area contributed by atoms with Crippen LogP contribution in [0, 0.1) is 5.92 Å². The number of fused-ring (bicyclic) bond motifs is 1. The summed E-state index contributed by atoms with van der Waals surface area (Å²) in [5.41, 5.74) is 2.51. The number of nitrogens with one attached hydrogen (secondary N) is 1. The lowest BCUT2D eigenvalue weighted by Gasteiger charge is -2.25. The lowest BCUT2D eigenvalue weighted by molar-refractivity contribution is 0.178. The summed E-state index contributed by atoms with van der Waals surface area (Å²) < 4.78 is 0. The Morgan fingerprint density at radius 1 is 1.55 bits per heavy atom. The molecule has 1 aliphatic rings. The Hall–Kier alpha value is -1.81. The van der Waals surface area contributed by atoms with E-state index < -0.39 is 0 Å². The molecule has 0 saturated heterocycles. The standard InChI is InChI=1S/C16H22N2O2/c1-3-8-18(9-10-19)16(20)17-15-12(2)11-13-6-4-5-7-14(13)15/h3-7,12,15,19H,1,8-11H2,2H3,(H,17,20). The van der Waals surface area contributed by atoms with Gasteiger partial charge >= 0.3 is 6.03 Å². The predicted molar refractivity (Wildman–Crippen MR) is 79.4 cm³/mol. The minimum absolute atomic E-state index is 0.0436. The van der Waals surface area contributed by atoms with Crippen molar-refractivity contribution < 1.29 is 9.90 Å². The molecule has 0 spiro atoms. The van der Waals surface area contributed by atoms with Crippen LogP contribution in [0.15, 0.2) is 36.9 Å². The summed E-state index contributed by atoms with van der Waals surface area (Å²) in [7, 11) is 0. The summed E-state index contributed by atoms with van der Waals surface area (Å²) in [5.74, 6) is 0.385. The molecule has 2 N–H and O–H groups in total. The quantitative estimate of drug-likeness (QED) is 0.808. The Morgan fingerprint density at radius 2 is 2.30 bits per heavy atom. The molecule has 1 aromatic rings. The number of benzene rings is 1. The van der Waals surface area contributed by atoms with Crippen LogP contribution in [0.4, 0.5) is 4.79 Å². The van der Waals surface area contributed by atoms with Crippen molar-refractivity contribution in [3.63, 3.8) is 0 Å². The van der Waals surface area contributed by atoms with Gasteiger partial charge in [-0.25, -0.2) is 4.79 Å². The van der Waals surface area contributed by atoms with Crippen molar-refractivity contribution in [2.75, 3.05) is 19.7 Å². The Bertz CT molecular complexity index is 487. The van der Waals surface area contributed by atoms with Crippen molar-refractivity contribution >= 4 is 6.03 Å². The van der Waals surface area contributed by atoms with Crippen LogP contribution in [0.25, 0.3) is 0 Å². The van der Waals surface area contributed by atoms with Gasteiger partial charge in [0.15, 0.2) is 0 Å². The van der Waals surface area contributed by atoms with Gasteiger partial charge in [0.25, 0.3) is 0 Å². The van der Waals surface area contributed by atoms with Crippen LogP contribution in [0.1, 0.15) is 24.1 Å². The Morgan fingerprint density at radius 3 is 3.00 bits per heavy atom. The zero-order valence-electron chi connectivity index (χ0n) is 11.9. The maximum Gasteiger partial charge on any atom is 0.318 e. The summed E-state index contributed by atoms with van der Waals surface area (Å²) in [6.45, 7) is 6.51. The Labute approximate surface area is 120 Å². The highest BCUT2D eigenvalue weighted by Crippen LogP contribution is 2.35. The van der Waals surface area contributed by atoms with Crippen LogP contribution in [0.3, 0.4) is 0 Å². The third-order valence-corrected chi connectivity index (χ3v) is 3.79. The van der Waals surface area contributed by atoms with Gasteiger partial charge in [-0.2, -0.15) is 0 Å². The molecule has 20 heavy (non-hydrogen) atoms. The number of nitrogens with zero attached hydrogens (tertiary/aromatic N) is 1. The largest absolute Gasteiger partial charge is 0.395 e. The lowest BCUT2D eigenvalue weighted by atomic mass is 10.0. The minimum Gasteiger partial charge on any atom is -0.395 e. The highest BCUT2D eigenvalue weighted by Gasteiger charge is 2.31. The molecule has 108 valence electrons. The van der Waals surface area contributed by atoms with E-state index in [9.17, 15) is 4.79 Å². The summed E-state index contributed by atoms with van der Waals surface area (Å²) in [5, 5.41) is 12.1. The van der Waals surface area contributed by atoms with Crippen molar-refractivity contribution in [1.82, 2.24) is 10.2 Å². The molecule has 4 nitrogen and oxygen atoms in total. The molecule has 2 unspecified atom stereocenters. The van der Waals surface area contributed by atoms with Gasteiger partial charge in [0.2, 0.25) is 0 Å². The zero-order chi connectivity index (χ0) is 14.5. The first-order valence-electron chi connectivity index (χ1n) is 7.02. The normalized spacial score (nSPS) is 20.3. The van der Waals surface area contributed by atoms with E-state index in [4.69, 9.17) is 5.11 Å². The fourth-order valence-corrected chi connectivity index (χ4v) is 2.79. The molecule has 2 amide bonds. The highest BCUT2D eigenvalue weighted by molar-refractivity contribution is 5.75. The van der Waals surface area contributed by atoms with Crippen molar-refractivity contribution in [3.8, 4) is 0 Å². The molecular weight excluding hydrogens is 252 g/mol. The van der Waals surface area contributed by atoms with Crippen molar-refractivity contribution in [2.45, 2.75) is 19.4 Å². The highest BCUT2D eigenvalue weighted by atomic mass is 16.3. The van der Waals surface area contributed by atoms with Crippen LogP contribution in [0.2, 0.25) is 0 Å². The number of amides is 2. The van der Waals surface area contributed by atoms with E-state index in [1.54, 1.807) is 11.0 Å². The third kappa shape index (κ3) is 3.02. The van der Waals surface area contributed by atoms with Gasteiger partial charge in [0.05, 0.1) is 12.6 Å². The van der Waals surface area contributed by atoms with Crippen molar-refractivity contribution in [2.24, 2.45) is 5.92 Å². The van der Waals surface area contributed by atoms with E-state index >= 15 is 0 Å². The number of carbonyl (C=O) groups excluding carboxylic acids is 1. The summed E-state index contributed by atoms with van der Waals surface area (Å²) >= 11 is 0. The van der Waals surface area contributed by atoms with Gasteiger partial charge in [-0.15, -0.1) is 6.58 Å². The second kappa shape index (κ2) is 6.57. The molecule has 0 bridgehead atoms. The maximum absolute atomic E-state index is 12.3. The fourth-order valence-electron chi connectivity index (χ4n) is 2.79.